The number of tetrazole rings is 1. The van der Waals surface area contributed by atoms with Crippen molar-refractivity contribution in [3.8, 4) is 22.9 Å². The van der Waals surface area contributed by atoms with Crippen molar-refractivity contribution < 1.29 is 14.3 Å². The van der Waals surface area contributed by atoms with Gasteiger partial charge in [0.25, 0.3) is 5.91 Å². The molecule has 0 unspecified atom stereocenters. The molecule has 0 saturated carbocycles. The van der Waals surface area contributed by atoms with Gasteiger partial charge in [0, 0.05) is 18.3 Å². The quantitative estimate of drug-likeness (QED) is 0.766. The highest BCUT2D eigenvalue weighted by Gasteiger charge is 2.15. The van der Waals surface area contributed by atoms with Crippen LogP contribution < -0.4 is 14.8 Å². The molecule has 3 aromatic rings. The number of amides is 1. The van der Waals surface area contributed by atoms with Crippen molar-refractivity contribution in [2.24, 2.45) is 7.05 Å². The van der Waals surface area contributed by atoms with Crippen molar-refractivity contribution in [1.29, 1.82) is 0 Å². The lowest BCUT2D eigenvalue weighted by Gasteiger charge is -2.11. The van der Waals surface area contributed by atoms with Gasteiger partial charge in [-0.2, -0.15) is 0 Å². The summed E-state index contributed by atoms with van der Waals surface area (Å²) in [5.41, 5.74) is 1.80. The number of anilines is 1. The van der Waals surface area contributed by atoms with E-state index in [0.29, 0.717) is 28.6 Å². The minimum absolute atomic E-state index is 0.302. The Morgan fingerprint density at radius 1 is 1.12 bits per heavy atom. The number of methoxy groups -OCH3 is 2. The molecule has 1 aromatic heterocycles. The number of nitrogens with one attached hydrogen (secondary N) is 1. The predicted octanol–water partition coefficient (Wildman–Crippen LogP) is 2.15. The molecule has 8 nitrogen and oxygen atoms in total. The first-order valence-electron chi connectivity index (χ1n) is 7.48. The molecule has 0 bridgehead atoms. The molecule has 128 valence electrons. The lowest BCUT2D eigenvalue weighted by Crippen LogP contribution is -2.13. The van der Waals surface area contributed by atoms with Crippen LogP contribution in [0.1, 0.15) is 10.4 Å². The van der Waals surface area contributed by atoms with E-state index in [0.717, 1.165) is 5.56 Å². The molecule has 25 heavy (non-hydrogen) atoms. The number of carbonyl (C=O) groups excluding carboxylic acids is 1. The number of aryl methyl sites for hydroxylation is 1. The average Bonchev–Trinajstić information content (AvgIpc) is 3.07. The van der Waals surface area contributed by atoms with Crippen LogP contribution in [0.2, 0.25) is 0 Å². The van der Waals surface area contributed by atoms with Crippen molar-refractivity contribution in [2.75, 3.05) is 19.5 Å². The smallest absolute Gasteiger partial charge is 0.259 e. The lowest BCUT2D eigenvalue weighted by atomic mass is 10.1. The van der Waals surface area contributed by atoms with Gasteiger partial charge >= 0.3 is 0 Å². The van der Waals surface area contributed by atoms with Gasteiger partial charge in [0.05, 0.1) is 19.8 Å². The van der Waals surface area contributed by atoms with E-state index in [1.54, 1.807) is 49.2 Å². The molecule has 1 amide bonds. The van der Waals surface area contributed by atoms with E-state index >= 15 is 0 Å². The van der Waals surface area contributed by atoms with E-state index in [1.165, 1.54) is 7.11 Å². The third-order valence-electron chi connectivity index (χ3n) is 3.65. The highest BCUT2D eigenvalue weighted by Crippen LogP contribution is 2.26. The summed E-state index contributed by atoms with van der Waals surface area (Å²) >= 11 is 0. The van der Waals surface area contributed by atoms with Gasteiger partial charge in [-0.05, 0) is 40.8 Å². The van der Waals surface area contributed by atoms with Crippen LogP contribution in [0.15, 0.2) is 42.5 Å². The molecule has 1 N–H and O–H groups in total. The van der Waals surface area contributed by atoms with Gasteiger partial charge < -0.3 is 14.8 Å². The molecule has 3 rings (SSSR count). The molecule has 1 heterocycles. The molecule has 0 atom stereocenters. The van der Waals surface area contributed by atoms with Crippen molar-refractivity contribution in [3.05, 3.63) is 48.0 Å². The van der Waals surface area contributed by atoms with E-state index < -0.39 is 0 Å². The molecule has 0 radical (unpaired) electrons. The first-order chi connectivity index (χ1) is 12.1. The van der Waals surface area contributed by atoms with Crippen molar-refractivity contribution in [1.82, 2.24) is 20.2 Å². The zero-order valence-electron chi connectivity index (χ0n) is 14.1. The third-order valence-corrected chi connectivity index (χ3v) is 3.65. The Kier molecular flexibility index (Phi) is 4.60. The summed E-state index contributed by atoms with van der Waals surface area (Å²) in [6, 6.07) is 12.3. The number of nitrogens with zero attached hydrogens (tertiary/aromatic N) is 4. The summed E-state index contributed by atoms with van der Waals surface area (Å²) in [7, 11) is 4.81. The molecule has 0 aliphatic rings. The van der Waals surface area contributed by atoms with Crippen LogP contribution in [0.4, 0.5) is 5.69 Å². The monoisotopic (exact) mass is 339 g/mol. The molecule has 2 aromatic carbocycles. The minimum atomic E-state index is -0.302. The molecule has 8 heteroatoms. The Bertz CT molecular complexity index is 907. The standard InChI is InChI=1S/C17H17N5O3/c1-22-16(19-20-21-22)11-5-4-6-12(9-11)18-17(23)14-10-13(24-2)7-8-15(14)25-3/h4-10H,1-3H3,(H,18,23). The number of carbonyl (C=O) groups is 1. The van der Waals surface area contributed by atoms with Gasteiger partial charge in [0.15, 0.2) is 5.82 Å². The topological polar surface area (TPSA) is 91.2 Å². The highest BCUT2D eigenvalue weighted by atomic mass is 16.5. The van der Waals surface area contributed by atoms with Crippen LogP contribution in [0, 0.1) is 0 Å². The maximum atomic E-state index is 12.6. The molecule has 0 aliphatic carbocycles. The van der Waals surface area contributed by atoms with Crippen LogP contribution >= 0.6 is 0 Å². The molecule has 0 saturated heterocycles. The van der Waals surface area contributed by atoms with Gasteiger partial charge in [-0.25, -0.2) is 4.68 Å². The Hall–Kier alpha value is -3.42. The first-order valence-corrected chi connectivity index (χ1v) is 7.48. The Morgan fingerprint density at radius 3 is 2.64 bits per heavy atom. The summed E-state index contributed by atoms with van der Waals surface area (Å²) < 4.78 is 12.0. The van der Waals surface area contributed by atoms with Crippen LogP contribution in [0.5, 0.6) is 11.5 Å². The first kappa shape index (κ1) is 16.4. The number of aromatic nitrogens is 4. The van der Waals surface area contributed by atoms with Gasteiger partial charge in [0.1, 0.15) is 11.5 Å². The molecular formula is C17H17N5O3. The summed E-state index contributed by atoms with van der Waals surface area (Å²) in [6.07, 6.45) is 0. The summed E-state index contributed by atoms with van der Waals surface area (Å²) in [6.45, 7) is 0. The largest absolute Gasteiger partial charge is 0.497 e. The number of ether oxygens (including phenoxy) is 2. The van der Waals surface area contributed by atoms with Crippen LogP contribution in [-0.2, 0) is 7.05 Å². The van der Waals surface area contributed by atoms with Gasteiger partial charge in [0.2, 0.25) is 0 Å². The Balaban J connectivity index is 1.88. The maximum absolute atomic E-state index is 12.6. The highest BCUT2D eigenvalue weighted by molar-refractivity contribution is 6.06. The van der Waals surface area contributed by atoms with E-state index in [2.05, 4.69) is 20.8 Å². The summed E-state index contributed by atoms with van der Waals surface area (Å²) in [5, 5.41) is 14.3. The van der Waals surface area contributed by atoms with Crippen molar-refractivity contribution in [3.63, 3.8) is 0 Å². The zero-order chi connectivity index (χ0) is 17.8. The SMILES string of the molecule is COc1ccc(OC)c(C(=O)Nc2cccc(-c3nnnn3C)c2)c1. The minimum Gasteiger partial charge on any atom is -0.497 e. The van der Waals surface area contributed by atoms with Gasteiger partial charge in [-0.3, -0.25) is 4.79 Å². The van der Waals surface area contributed by atoms with Crippen molar-refractivity contribution >= 4 is 11.6 Å². The fourth-order valence-corrected chi connectivity index (χ4v) is 2.40. The van der Waals surface area contributed by atoms with E-state index in [-0.39, 0.29) is 5.91 Å². The lowest BCUT2D eigenvalue weighted by molar-refractivity contribution is 0.102. The average molecular weight is 339 g/mol. The second-order valence-corrected chi connectivity index (χ2v) is 5.23. The zero-order valence-corrected chi connectivity index (χ0v) is 14.1. The van der Waals surface area contributed by atoms with Crippen LogP contribution in [0.3, 0.4) is 0 Å². The molecule has 0 spiro atoms. The predicted molar refractivity (Wildman–Crippen MR) is 91.7 cm³/mol. The maximum Gasteiger partial charge on any atom is 0.259 e. The Labute approximate surface area is 144 Å². The van der Waals surface area contributed by atoms with E-state index in [4.69, 9.17) is 9.47 Å². The number of benzene rings is 2. The fourth-order valence-electron chi connectivity index (χ4n) is 2.40. The number of hydrogen-bond donors (Lipinski definition) is 1. The van der Waals surface area contributed by atoms with Crippen LogP contribution in [0.25, 0.3) is 11.4 Å². The molecule has 0 fully saturated rings. The van der Waals surface area contributed by atoms with Crippen molar-refractivity contribution in [2.45, 2.75) is 0 Å². The van der Waals surface area contributed by atoms with Crippen LogP contribution in [-0.4, -0.2) is 40.3 Å². The van der Waals surface area contributed by atoms with E-state index in [9.17, 15) is 4.79 Å². The number of hydrogen-bond acceptors (Lipinski definition) is 6. The Morgan fingerprint density at radius 2 is 1.96 bits per heavy atom. The number of rotatable bonds is 5. The third kappa shape index (κ3) is 3.42. The normalized spacial score (nSPS) is 10.4. The van der Waals surface area contributed by atoms with Gasteiger partial charge in [-0.1, -0.05) is 12.1 Å². The van der Waals surface area contributed by atoms with Gasteiger partial charge in [-0.15, -0.1) is 5.10 Å². The van der Waals surface area contributed by atoms with E-state index in [1.807, 2.05) is 12.1 Å². The fraction of sp³-hybridized carbons (Fsp3) is 0.176. The molecule has 0 aliphatic heterocycles. The second-order valence-electron chi connectivity index (χ2n) is 5.23. The molecular weight excluding hydrogens is 322 g/mol. The summed E-state index contributed by atoms with van der Waals surface area (Å²) in [5.74, 6) is 1.34. The second kappa shape index (κ2) is 7.00. The summed E-state index contributed by atoms with van der Waals surface area (Å²) in [4.78, 5) is 12.6.